The third-order valence-electron chi connectivity index (χ3n) is 3.01. The van der Waals surface area contributed by atoms with Gasteiger partial charge in [0.2, 0.25) is 0 Å². The van der Waals surface area contributed by atoms with Gasteiger partial charge < -0.3 is 25.5 Å². The summed E-state index contributed by atoms with van der Waals surface area (Å²) in [5.41, 5.74) is 0. The number of aliphatic hydroxyl groups excluding tert-OH is 4. The van der Waals surface area contributed by atoms with Crippen LogP contribution in [-0.4, -0.2) is 69.5 Å². The summed E-state index contributed by atoms with van der Waals surface area (Å²) in [6, 6.07) is 0. The molecule has 6 nitrogen and oxygen atoms in total. The van der Waals surface area contributed by atoms with E-state index in [1.165, 1.54) is 0 Å². The maximum atomic E-state index is 11.5. The molecule has 0 radical (unpaired) electrons. The van der Waals surface area contributed by atoms with Crippen LogP contribution in [0.25, 0.3) is 0 Å². The maximum Gasteiger partial charge on any atom is 0.160 e. The van der Waals surface area contributed by atoms with Crippen molar-refractivity contribution in [2.45, 2.75) is 50.1 Å². The molecule has 4 atom stereocenters. The Kier molecular flexibility index (Phi) is 5.45. The number of hydrogen-bond acceptors (Lipinski definition) is 6. The molecule has 5 N–H and O–H groups in total. The van der Waals surface area contributed by atoms with E-state index in [0.29, 0.717) is 0 Å². The number of rotatable bonds is 6. The van der Waals surface area contributed by atoms with Crippen molar-refractivity contribution in [3.63, 3.8) is 0 Å². The topological polar surface area (TPSA) is 118 Å². The predicted octanol–water partition coefficient (Wildman–Crippen LogP) is -1.74. The quantitative estimate of drug-likeness (QED) is 0.364. The van der Waals surface area contributed by atoms with Crippen molar-refractivity contribution in [2.24, 2.45) is 0 Å². The zero-order valence-electron chi connectivity index (χ0n) is 10.6. The van der Waals surface area contributed by atoms with Gasteiger partial charge in [0.15, 0.2) is 5.78 Å². The summed E-state index contributed by atoms with van der Waals surface area (Å²) in [7, 11) is -2.56. The Balaban J connectivity index is 5.30. The Morgan fingerprint density at radius 3 is 1.88 bits per heavy atom. The number of carbonyl (C=O) groups is 1. The SMILES string of the molecule is CC(=O)[C@](O)([C@@H](O)[C@H](O)[C@H](O)CO)[Si](C)(C)C. The van der Waals surface area contributed by atoms with E-state index in [1.807, 2.05) is 0 Å². The van der Waals surface area contributed by atoms with Crippen LogP contribution in [0, 0.1) is 0 Å². The molecule has 0 aliphatic rings. The van der Waals surface area contributed by atoms with Crippen LogP contribution < -0.4 is 0 Å². The molecule has 0 spiro atoms. The summed E-state index contributed by atoms with van der Waals surface area (Å²) in [5, 5.41) is 45.6. The molecule has 0 unspecified atom stereocenters. The number of ketones is 1. The Bertz CT molecular complexity index is 276. The van der Waals surface area contributed by atoms with Crippen LogP contribution in [0.5, 0.6) is 0 Å². The first-order valence-corrected chi connectivity index (χ1v) is 8.88. The lowest BCUT2D eigenvalue weighted by Crippen LogP contribution is -2.68. The first-order chi connectivity index (χ1) is 7.50. The fraction of sp³-hybridized carbons (Fsp3) is 0.900. The molecule has 0 saturated heterocycles. The van der Waals surface area contributed by atoms with Crippen molar-refractivity contribution in [3.05, 3.63) is 0 Å². The minimum atomic E-state index is -2.56. The van der Waals surface area contributed by atoms with Crippen LogP contribution in [0.3, 0.4) is 0 Å². The van der Waals surface area contributed by atoms with E-state index in [-0.39, 0.29) is 0 Å². The zero-order valence-corrected chi connectivity index (χ0v) is 11.6. The summed E-state index contributed by atoms with van der Waals surface area (Å²) >= 11 is 0. The van der Waals surface area contributed by atoms with Crippen LogP contribution in [0.4, 0.5) is 0 Å². The predicted molar refractivity (Wildman–Crippen MR) is 64.1 cm³/mol. The molecule has 102 valence electrons. The van der Waals surface area contributed by atoms with E-state index < -0.39 is 44.0 Å². The number of aliphatic hydroxyl groups is 5. The Morgan fingerprint density at radius 1 is 1.24 bits per heavy atom. The highest BCUT2D eigenvalue weighted by molar-refractivity contribution is 6.82. The molecule has 0 amide bonds. The first kappa shape index (κ1) is 16.7. The molecule has 0 aromatic rings. The summed E-state index contributed by atoms with van der Waals surface area (Å²) in [6.45, 7) is 5.35. The molecule has 0 aliphatic heterocycles. The molecule has 0 saturated carbocycles. The second-order valence-electron chi connectivity index (χ2n) is 5.26. The lowest BCUT2D eigenvalue weighted by Gasteiger charge is -2.42. The van der Waals surface area contributed by atoms with E-state index >= 15 is 0 Å². The molecule has 0 fully saturated rings. The van der Waals surface area contributed by atoms with Gasteiger partial charge >= 0.3 is 0 Å². The van der Waals surface area contributed by atoms with Gasteiger partial charge in [-0.3, -0.25) is 4.79 Å². The van der Waals surface area contributed by atoms with Crippen LogP contribution in [0.2, 0.25) is 19.6 Å². The van der Waals surface area contributed by atoms with Crippen molar-refractivity contribution >= 4 is 13.9 Å². The van der Waals surface area contributed by atoms with Gasteiger partial charge in [0.1, 0.15) is 23.5 Å². The first-order valence-electron chi connectivity index (χ1n) is 5.38. The van der Waals surface area contributed by atoms with Crippen molar-refractivity contribution in [1.82, 2.24) is 0 Å². The van der Waals surface area contributed by atoms with Gasteiger partial charge in [0.05, 0.1) is 14.7 Å². The normalized spacial score (nSPS) is 21.5. The van der Waals surface area contributed by atoms with Crippen molar-refractivity contribution in [3.8, 4) is 0 Å². The number of Topliss-reactive ketones (excluding diaryl/α,β-unsaturated/α-hetero) is 1. The Hall–Kier alpha value is -0.313. The van der Waals surface area contributed by atoms with Crippen molar-refractivity contribution in [2.75, 3.05) is 6.61 Å². The number of carbonyl (C=O) groups excluding carboxylic acids is 1. The second kappa shape index (κ2) is 5.55. The smallest absolute Gasteiger partial charge is 0.160 e. The van der Waals surface area contributed by atoms with E-state index in [4.69, 9.17) is 5.11 Å². The summed E-state index contributed by atoms with van der Waals surface area (Å²) in [4.78, 5) is 11.5. The minimum Gasteiger partial charge on any atom is -0.394 e. The van der Waals surface area contributed by atoms with Gasteiger partial charge in [-0.1, -0.05) is 19.6 Å². The molecule has 0 aromatic heterocycles. The average molecular weight is 266 g/mol. The highest BCUT2D eigenvalue weighted by Gasteiger charge is 2.54. The van der Waals surface area contributed by atoms with Gasteiger partial charge in [0, 0.05) is 0 Å². The lowest BCUT2D eigenvalue weighted by atomic mass is 10.00. The Labute approximate surface area is 102 Å². The van der Waals surface area contributed by atoms with Gasteiger partial charge in [-0.15, -0.1) is 0 Å². The highest BCUT2D eigenvalue weighted by atomic mass is 28.3. The molecule has 0 aromatic carbocycles. The molecule has 17 heavy (non-hydrogen) atoms. The Morgan fingerprint density at radius 2 is 1.65 bits per heavy atom. The maximum absolute atomic E-state index is 11.5. The summed E-state index contributed by atoms with van der Waals surface area (Å²) in [5.74, 6) is -0.659. The van der Waals surface area contributed by atoms with Crippen LogP contribution in [0.15, 0.2) is 0 Å². The highest BCUT2D eigenvalue weighted by Crippen LogP contribution is 2.28. The monoisotopic (exact) mass is 266 g/mol. The molecule has 0 aliphatic carbocycles. The fourth-order valence-electron chi connectivity index (χ4n) is 1.75. The standard InChI is InChI=1S/C10H22O6Si/c1-6(12)10(16,17(2,3)4)9(15)8(14)7(13)5-11/h7-9,11,13-16H,5H2,1-4H3/t7-,8-,9+,10-/m1/s1. The summed E-state index contributed by atoms with van der Waals surface area (Å²) < 4.78 is 0. The zero-order chi connectivity index (χ0) is 14.0. The van der Waals surface area contributed by atoms with Crippen LogP contribution >= 0.6 is 0 Å². The van der Waals surface area contributed by atoms with Crippen LogP contribution in [0.1, 0.15) is 6.92 Å². The molecule has 0 rings (SSSR count). The third-order valence-corrected chi connectivity index (χ3v) is 5.95. The molecular formula is C10H22O6Si. The van der Waals surface area contributed by atoms with Crippen molar-refractivity contribution < 1.29 is 30.3 Å². The van der Waals surface area contributed by atoms with E-state index in [9.17, 15) is 25.2 Å². The number of hydrogen-bond donors (Lipinski definition) is 5. The summed E-state index contributed by atoms with van der Waals surface area (Å²) in [6.07, 6.45) is -5.21. The van der Waals surface area contributed by atoms with Crippen LogP contribution in [-0.2, 0) is 4.79 Å². The van der Waals surface area contributed by atoms with Gasteiger partial charge in [-0.05, 0) is 6.92 Å². The molecule has 0 bridgehead atoms. The molecule has 0 heterocycles. The van der Waals surface area contributed by atoms with Gasteiger partial charge in [-0.25, -0.2) is 0 Å². The largest absolute Gasteiger partial charge is 0.394 e. The van der Waals surface area contributed by atoms with E-state index in [0.717, 1.165) is 6.92 Å². The van der Waals surface area contributed by atoms with Gasteiger partial charge in [-0.2, -0.15) is 0 Å². The van der Waals surface area contributed by atoms with E-state index in [2.05, 4.69) is 0 Å². The molecule has 7 heteroatoms. The second-order valence-corrected chi connectivity index (χ2v) is 10.5. The fourth-order valence-corrected chi connectivity index (χ4v) is 3.86. The minimum absolute atomic E-state index is 0.659. The van der Waals surface area contributed by atoms with E-state index in [1.54, 1.807) is 19.6 Å². The molecular weight excluding hydrogens is 244 g/mol. The average Bonchev–Trinajstić information content (AvgIpc) is 2.22. The van der Waals surface area contributed by atoms with Crippen molar-refractivity contribution in [1.29, 1.82) is 0 Å². The lowest BCUT2D eigenvalue weighted by molar-refractivity contribution is -0.155. The third kappa shape index (κ3) is 3.12. The van der Waals surface area contributed by atoms with Gasteiger partial charge in [0.25, 0.3) is 0 Å².